The van der Waals surface area contributed by atoms with Crippen LogP contribution in [0.1, 0.15) is 52.5 Å². The minimum Gasteiger partial charge on any atom is -0.381 e. The number of carbonyl (C=O) groups is 1. The summed E-state index contributed by atoms with van der Waals surface area (Å²) in [5, 5.41) is 21.6. The second kappa shape index (κ2) is 10.3. The molecule has 1 unspecified atom stereocenters. The molecule has 4 rings (SSSR count). The molecule has 1 aliphatic rings. The number of ketones is 1. The zero-order chi connectivity index (χ0) is 25.2. The van der Waals surface area contributed by atoms with Crippen LogP contribution in [0.25, 0.3) is 0 Å². The molecule has 12 heteroatoms. The van der Waals surface area contributed by atoms with Gasteiger partial charge in [0, 0.05) is 17.3 Å². The second-order valence-corrected chi connectivity index (χ2v) is 11.3. The minimum atomic E-state index is -3.97. The van der Waals surface area contributed by atoms with Gasteiger partial charge in [0.1, 0.15) is 17.7 Å². The number of hydrogen-bond acceptors (Lipinski definition) is 9. The Morgan fingerprint density at radius 1 is 1.34 bits per heavy atom. The van der Waals surface area contributed by atoms with Crippen LogP contribution in [0, 0.1) is 5.92 Å². The van der Waals surface area contributed by atoms with Gasteiger partial charge < -0.3 is 10.4 Å². The molecule has 3 atom stereocenters. The highest BCUT2D eigenvalue weighted by molar-refractivity contribution is 7.84. The first-order valence-corrected chi connectivity index (χ1v) is 13.6. The molecular weight excluding hydrogens is 512 g/mol. The summed E-state index contributed by atoms with van der Waals surface area (Å²) in [5.74, 6) is 0.165. The van der Waals surface area contributed by atoms with E-state index in [1.165, 1.54) is 23.9 Å². The Balaban J connectivity index is 1.49. The maximum Gasteiger partial charge on any atom is 0.333 e. The van der Waals surface area contributed by atoms with Crippen molar-refractivity contribution in [1.82, 2.24) is 9.97 Å². The van der Waals surface area contributed by atoms with Crippen molar-refractivity contribution in [2.45, 2.75) is 37.8 Å². The van der Waals surface area contributed by atoms with E-state index in [2.05, 4.69) is 15.3 Å². The number of rotatable bonds is 9. The summed E-state index contributed by atoms with van der Waals surface area (Å²) in [4.78, 5) is 22.1. The highest BCUT2D eigenvalue weighted by atomic mass is 35.5. The standard InChI is InChI=1S/C23H25ClN4O5S2/c1-23(30,15-3-2-4-17(24)8-15)16-9-20(34-12-16)21(29)19-10-26-13-27-22(19)28-18-6-5-14(7-18)11-33-35(25,31)32/h2-4,8-10,12-14,18,30H,5-7,11H2,1H3,(H2,25,31,32)(H,26,27,28)/t14-,18+,23?/m1/s1. The number of halogens is 1. The lowest BCUT2D eigenvalue weighted by Gasteiger charge is -2.23. The average Bonchev–Trinajstić information content (AvgIpc) is 3.48. The average molecular weight is 537 g/mol. The quantitative estimate of drug-likeness (QED) is 0.352. The number of hydrogen-bond donors (Lipinski definition) is 3. The Kier molecular flexibility index (Phi) is 7.55. The lowest BCUT2D eigenvalue weighted by Crippen LogP contribution is -2.22. The molecule has 0 bridgehead atoms. The highest BCUT2D eigenvalue weighted by Crippen LogP contribution is 2.35. The molecule has 186 valence electrons. The van der Waals surface area contributed by atoms with Gasteiger partial charge in [0.15, 0.2) is 0 Å². The number of aliphatic hydroxyl groups is 1. The van der Waals surface area contributed by atoms with Gasteiger partial charge in [-0.05, 0) is 66.8 Å². The van der Waals surface area contributed by atoms with Gasteiger partial charge in [0.2, 0.25) is 5.78 Å². The van der Waals surface area contributed by atoms with E-state index in [-0.39, 0.29) is 24.3 Å². The van der Waals surface area contributed by atoms with Crippen LogP contribution in [-0.2, 0) is 20.1 Å². The number of nitrogens with one attached hydrogen (secondary N) is 1. The Bertz CT molecular complexity index is 1330. The molecule has 9 nitrogen and oxygen atoms in total. The molecule has 0 aliphatic heterocycles. The van der Waals surface area contributed by atoms with E-state index >= 15 is 0 Å². The molecule has 2 aromatic heterocycles. The molecule has 3 aromatic rings. The van der Waals surface area contributed by atoms with Crippen LogP contribution in [0.4, 0.5) is 5.82 Å². The summed E-state index contributed by atoms with van der Waals surface area (Å²) in [6.45, 7) is 1.68. The topological polar surface area (TPSA) is 144 Å². The van der Waals surface area contributed by atoms with E-state index in [0.717, 1.165) is 12.8 Å². The van der Waals surface area contributed by atoms with Crippen molar-refractivity contribution in [3.8, 4) is 0 Å². The summed E-state index contributed by atoms with van der Waals surface area (Å²) in [6.07, 6.45) is 5.00. The van der Waals surface area contributed by atoms with Gasteiger partial charge >= 0.3 is 10.3 Å². The summed E-state index contributed by atoms with van der Waals surface area (Å²) >= 11 is 7.31. The fourth-order valence-corrected chi connectivity index (χ4v) is 5.69. The fourth-order valence-electron chi connectivity index (χ4n) is 4.15. The van der Waals surface area contributed by atoms with E-state index in [0.29, 0.717) is 38.8 Å². The lowest BCUT2D eigenvalue weighted by molar-refractivity contribution is 0.102. The van der Waals surface area contributed by atoms with Crippen LogP contribution in [0.2, 0.25) is 5.02 Å². The first kappa shape index (κ1) is 25.7. The molecule has 1 saturated carbocycles. The zero-order valence-corrected chi connectivity index (χ0v) is 21.2. The summed E-state index contributed by atoms with van der Waals surface area (Å²) in [5.41, 5.74) is 0.182. The number of carbonyl (C=O) groups excluding carboxylic acids is 1. The van der Waals surface area contributed by atoms with Crippen molar-refractivity contribution in [3.63, 3.8) is 0 Å². The number of anilines is 1. The van der Waals surface area contributed by atoms with E-state index in [1.807, 2.05) is 0 Å². The van der Waals surface area contributed by atoms with Crippen molar-refractivity contribution < 1.29 is 22.5 Å². The van der Waals surface area contributed by atoms with E-state index in [9.17, 15) is 18.3 Å². The third kappa shape index (κ3) is 6.24. The van der Waals surface area contributed by atoms with Crippen molar-refractivity contribution in [2.75, 3.05) is 11.9 Å². The van der Waals surface area contributed by atoms with Gasteiger partial charge in [-0.1, -0.05) is 23.7 Å². The molecule has 1 fully saturated rings. The Hall–Kier alpha value is -2.41. The van der Waals surface area contributed by atoms with Crippen molar-refractivity contribution in [3.05, 3.63) is 74.8 Å². The van der Waals surface area contributed by atoms with E-state index in [1.54, 1.807) is 42.6 Å². The van der Waals surface area contributed by atoms with Gasteiger partial charge in [0.05, 0.1) is 17.0 Å². The molecule has 4 N–H and O–H groups in total. The van der Waals surface area contributed by atoms with Crippen LogP contribution >= 0.6 is 22.9 Å². The van der Waals surface area contributed by atoms with Crippen molar-refractivity contribution >= 4 is 44.8 Å². The fraction of sp³-hybridized carbons (Fsp3) is 0.348. The summed E-state index contributed by atoms with van der Waals surface area (Å²) in [6, 6.07) is 8.62. The third-order valence-corrected chi connectivity index (χ3v) is 7.71. The number of nitrogens with two attached hydrogens (primary N) is 1. The number of benzene rings is 1. The van der Waals surface area contributed by atoms with Crippen LogP contribution in [0.3, 0.4) is 0 Å². The number of aromatic nitrogens is 2. The van der Waals surface area contributed by atoms with Crippen molar-refractivity contribution in [2.24, 2.45) is 11.1 Å². The predicted octanol–water partition coefficient (Wildman–Crippen LogP) is 3.48. The monoisotopic (exact) mass is 536 g/mol. The Morgan fingerprint density at radius 2 is 2.14 bits per heavy atom. The van der Waals surface area contributed by atoms with E-state index < -0.39 is 15.9 Å². The molecule has 1 aliphatic carbocycles. The highest BCUT2D eigenvalue weighted by Gasteiger charge is 2.30. The van der Waals surface area contributed by atoms with Crippen molar-refractivity contribution in [1.29, 1.82) is 0 Å². The van der Waals surface area contributed by atoms with Gasteiger partial charge in [-0.15, -0.1) is 11.3 Å². The van der Waals surface area contributed by atoms with Crippen LogP contribution < -0.4 is 10.5 Å². The Morgan fingerprint density at radius 3 is 2.89 bits per heavy atom. The molecule has 0 saturated heterocycles. The summed E-state index contributed by atoms with van der Waals surface area (Å²) < 4.78 is 26.8. The summed E-state index contributed by atoms with van der Waals surface area (Å²) in [7, 11) is -3.97. The number of nitrogens with zero attached hydrogens (tertiary/aromatic N) is 2. The van der Waals surface area contributed by atoms with Gasteiger partial charge in [-0.2, -0.15) is 8.42 Å². The van der Waals surface area contributed by atoms with Gasteiger partial charge in [-0.3, -0.25) is 8.98 Å². The first-order valence-electron chi connectivity index (χ1n) is 10.9. The first-order chi connectivity index (χ1) is 16.5. The van der Waals surface area contributed by atoms with Gasteiger partial charge in [-0.25, -0.2) is 15.1 Å². The van der Waals surface area contributed by atoms with Crippen LogP contribution in [0.5, 0.6) is 0 Å². The molecule has 0 radical (unpaired) electrons. The number of thiophene rings is 1. The normalized spacial score (nSPS) is 19.9. The molecule has 35 heavy (non-hydrogen) atoms. The Labute approximate surface area is 212 Å². The maximum atomic E-state index is 13.3. The predicted molar refractivity (Wildman–Crippen MR) is 134 cm³/mol. The maximum absolute atomic E-state index is 13.3. The van der Waals surface area contributed by atoms with Crippen LogP contribution in [-0.4, -0.2) is 41.9 Å². The largest absolute Gasteiger partial charge is 0.381 e. The lowest BCUT2D eigenvalue weighted by atomic mass is 9.90. The van der Waals surface area contributed by atoms with Gasteiger partial charge in [0.25, 0.3) is 0 Å². The molecule has 0 amide bonds. The molecular formula is C23H25ClN4O5S2. The van der Waals surface area contributed by atoms with Crippen LogP contribution in [0.15, 0.2) is 48.2 Å². The molecule has 0 spiro atoms. The zero-order valence-electron chi connectivity index (χ0n) is 18.8. The SMILES string of the molecule is CC(O)(c1cccc(Cl)c1)c1csc(C(=O)c2cncnc2N[C@H]2CC[C@@H](COS(N)(=O)=O)C2)c1. The smallest absolute Gasteiger partial charge is 0.333 e. The second-order valence-electron chi connectivity index (χ2n) is 8.69. The minimum absolute atomic E-state index is 0.00649. The van der Waals surface area contributed by atoms with E-state index in [4.69, 9.17) is 20.9 Å². The third-order valence-electron chi connectivity index (χ3n) is 6.08. The molecule has 1 aromatic carbocycles. The molecule has 2 heterocycles.